The first kappa shape index (κ1) is 18.5. The standard InChI is InChI=1S/C22H24N4O/c1-16-6-4-5-7-17(16)14-24-22(27)18-12-20(15-23-13-18)25-19-8-10-21(11-9-19)26(2)3/h4-13,15,25H,14H2,1-3H3,(H,24,27). The number of nitrogens with zero attached hydrogens (tertiary/aromatic N) is 2. The zero-order chi connectivity index (χ0) is 19.2. The molecule has 0 saturated heterocycles. The highest BCUT2D eigenvalue weighted by atomic mass is 16.1. The predicted molar refractivity (Wildman–Crippen MR) is 111 cm³/mol. The number of nitrogens with one attached hydrogen (secondary N) is 2. The summed E-state index contributed by atoms with van der Waals surface area (Å²) >= 11 is 0. The highest BCUT2D eigenvalue weighted by Crippen LogP contribution is 2.20. The monoisotopic (exact) mass is 360 g/mol. The Balaban J connectivity index is 1.65. The predicted octanol–water partition coefficient (Wildman–Crippen LogP) is 4.13. The van der Waals surface area contributed by atoms with Crippen LogP contribution in [0, 0.1) is 6.92 Å². The van der Waals surface area contributed by atoms with Crippen LogP contribution in [0.15, 0.2) is 67.0 Å². The van der Waals surface area contributed by atoms with Gasteiger partial charge in [-0.1, -0.05) is 24.3 Å². The van der Waals surface area contributed by atoms with Crippen molar-refractivity contribution in [3.63, 3.8) is 0 Å². The fourth-order valence-corrected chi connectivity index (χ4v) is 2.73. The van der Waals surface area contributed by atoms with Crippen LogP contribution in [-0.2, 0) is 6.54 Å². The summed E-state index contributed by atoms with van der Waals surface area (Å²) in [6, 6.07) is 17.9. The van der Waals surface area contributed by atoms with Gasteiger partial charge in [0.1, 0.15) is 0 Å². The fraction of sp³-hybridized carbons (Fsp3) is 0.182. The first-order valence-electron chi connectivity index (χ1n) is 8.85. The van der Waals surface area contributed by atoms with E-state index in [4.69, 9.17) is 0 Å². The minimum Gasteiger partial charge on any atom is -0.378 e. The summed E-state index contributed by atoms with van der Waals surface area (Å²) in [5.41, 5.74) is 5.64. The van der Waals surface area contributed by atoms with Gasteiger partial charge in [0.2, 0.25) is 0 Å². The van der Waals surface area contributed by atoms with Gasteiger partial charge in [-0.2, -0.15) is 0 Å². The molecule has 5 heteroatoms. The highest BCUT2D eigenvalue weighted by molar-refractivity contribution is 5.94. The van der Waals surface area contributed by atoms with E-state index in [1.807, 2.05) is 74.4 Å². The third-order valence-electron chi connectivity index (χ3n) is 4.37. The summed E-state index contributed by atoms with van der Waals surface area (Å²) in [6.45, 7) is 2.53. The molecule has 138 valence electrons. The molecular formula is C22H24N4O. The van der Waals surface area contributed by atoms with E-state index in [0.29, 0.717) is 12.1 Å². The Bertz CT molecular complexity index is 920. The van der Waals surface area contributed by atoms with E-state index in [2.05, 4.69) is 15.6 Å². The molecule has 2 aromatic carbocycles. The molecule has 1 heterocycles. The Hall–Kier alpha value is -3.34. The van der Waals surface area contributed by atoms with Crippen molar-refractivity contribution in [2.24, 2.45) is 0 Å². The van der Waals surface area contributed by atoms with Gasteiger partial charge in [0, 0.05) is 38.2 Å². The van der Waals surface area contributed by atoms with Crippen molar-refractivity contribution in [1.82, 2.24) is 10.3 Å². The van der Waals surface area contributed by atoms with E-state index < -0.39 is 0 Å². The van der Waals surface area contributed by atoms with Crippen molar-refractivity contribution in [1.29, 1.82) is 0 Å². The van der Waals surface area contributed by atoms with Gasteiger partial charge in [0.15, 0.2) is 0 Å². The van der Waals surface area contributed by atoms with E-state index in [0.717, 1.165) is 28.2 Å². The van der Waals surface area contributed by atoms with Gasteiger partial charge in [0.05, 0.1) is 17.4 Å². The van der Waals surface area contributed by atoms with E-state index in [1.165, 1.54) is 0 Å². The molecule has 1 amide bonds. The minimum absolute atomic E-state index is 0.141. The van der Waals surface area contributed by atoms with Gasteiger partial charge in [-0.05, 0) is 48.4 Å². The average Bonchev–Trinajstić information content (AvgIpc) is 2.68. The second-order valence-corrected chi connectivity index (χ2v) is 6.64. The Labute approximate surface area is 160 Å². The van der Waals surface area contributed by atoms with Crippen LogP contribution < -0.4 is 15.5 Å². The molecule has 0 aliphatic carbocycles. The van der Waals surface area contributed by atoms with Crippen LogP contribution in [0.3, 0.4) is 0 Å². The number of amides is 1. The molecule has 0 aliphatic rings. The Morgan fingerprint density at radius 3 is 2.44 bits per heavy atom. The molecule has 3 rings (SSSR count). The van der Waals surface area contributed by atoms with Crippen molar-refractivity contribution in [2.75, 3.05) is 24.3 Å². The molecule has 0 aliphatic heterocycles. The molecule has 3 aromatic rings. The number of pyridine rings is 1. The van der Waals surface area contributed by atoms with Crippen LogP contribution in [0.4, 0.5) is 17.1 Å². The summed E-state index contributed by atoms with van der Waals surface area (Å²) < 4.78 is 0. The average molecular weight is 360 g/mol. The number of hydrogen-bond donors (Lipinski definition) is 2. The molecule has 1 aromatic heterocycles. The fourth-order valence-electron chi connectivity index (χ4n) is 2.73. The first-order valence-corrected chi connectivity index (χ1v) is 8.85. The maximum Gasteiger partial charge on any atom is 0.253 e. The number of rotatable bonds is 6. The molecule has 27 heavy (non-hydrogen) atoms. The lowest BCUT2D eigenvalue weighted by atomic mass is 10.1. The number of aryl methyl sites for hydroxylation is 1. The lowest BCUT2D eigenvalue weighted by Gasteiger charge is -2.13. The Morgan fingerprint density at radius 1 is 1.00 bits per heavy atom. The number of hydrogen-bond acceptors (Lipinski definition) is 4. The number of carbonyl (C=O) groups excluding carboxylic acids is 1. The SMILES string of the molecule is Cc1ccccc1CNC(=O)c1cncc(Nc2ccc(N(C)C)cc2)c1. The van der Waals surface area contributed by atoms with Crippen LogP contribution >= 0.6 is 0 Å². The second-order valence-electron chi connectivity index (χ2n) is 6.64. The summed E-state index contributed by atoms with van der Waals surface area (Å²) in [5.74, 6) is -0.141. The zero-order valence-electron chi connectivity index (χ0n) is 15.9. The second kappa shape index (κ2) is 8.36. The van der Waals surface area contributed by atoms with Gasteiger partial charge in [-0.3, -0.25) is 9.78 Å². The van der Waals surface area contributed by atoms with Gasteiger partial charge in [-0.25, -0.2) is 0 Å². The molecule has 0 fully saturated rings. The number of anilines is 3. The van der Waals surface area contributed by atoms with Gasteiger partial charge >= 0.3 is 0 Å². The van der Waals surface area contributed by atoms with Crippen molar-refractivity contribution >= 4 is 23.0 Å². The lowest BCUT2D eigenvalue weighted by molar-refractivity contribution is 0.0950. The maximum atomic E-state index is 12.5. The number of benzene rings is 2. The normalized spacial score (nSPS) is 10.3. The molecule has 0 spiro atoms. The van der Waals surface area contributed by atoms with Gasteiger partial charge in [0.25, 0.3) is 5.91 Å². The largest absolute Gasteiger partial charge is 0.378 e. The summed E-state index contributed by atoms with van der Waals surface area (Å²) in [4.78, 5) is 18.7. The Kier molecular flexibility index (Phi) is 5.71. The van der Waals surface area contributed by atoms with E-state index in [-0.39, 0.29) is 5.91 Å². The van der Waals surface area contributed by atoms with Crippen molar-refractivity contribution in [2.45, 2.75) is 13.5 Å². The smallest absolute Gasteiger partial charge is 0.253 e. The maximum absolute atomic E-state index is 12.5. The number of aromatic nitrogens is 1. The van der Waals surface area contributed by atoms with Crippen LogP contribution in [-0.4, -0.2) is 25.0 Å². The molecule has 5 nitrogen and oxygen atoms in total. The number of carbonyl (C=O) groups is 1. The van der Waals surface area contributed by atoms with E-state index in [1.54, 1.807) is 18.5 Å². The summed E-state index contributed by atoms with van der Waals surface area (Å²) in [5, 5.41) is 6.24. The van der Waals surface area contributed by atoms with Crippen molar-refractivity contribution < 1.29 is 4.79 Å². The Morgan fingerprint density at radius 2 is 1.74 bits per heavy atom. The topological polar surface area (TPSA) is 57.3 Å². The third-order valence-corrected chi connectivity index (χ3v) is 4.37. The van der Waals surface area contributed by atoms with Gasteiger partial charge < -0.3 is 15.5 Å². The van der Waals surface area contributed by atoms with Crippen LogP contribution in [0.5, 0.6) is 0 Å². The van der Waals surface area contributed by atoms with Crippen LogP contribution in [0.2, 0.25) is 0 Å². The van der Waals surface area contributed by atoms with Gasteiger partial charge in [-0.15, -0.1) is 0 Å². The highest BCUT2D eigenvalue weighted by Gasteiger charge is 2.08. The molecular weight excluding hydrogens is 336 g/mol. The summed E-state index contributed by atoms with van der Waals surface area (Å²) in [6.07, 6.45) is 3.28. The van der Waals surface area contributed by atoms with Crippen LogP contribution in [0.1, 0.15) is 21.5 Å². The molecule has 0 atom stereocenters. The molecule has 2 N–H and O–H groups in total. The molecule has 0 unspecified atom stereocenters. The lowest BCUT2D eigenvalue weighted by Crippen LogP contribution is -2.23. The molecule has 0 bridgehead atoms. The third kappa shape index (κ3) is 4.85. The van der Waals surface area contributed by atoms with Crippen molar-refractivity contribution in [3.8, 4) is 0 Å². The van der Waals surface area contributed by atoms with Crippen LogP contribution in [0.25, 0.3) is 0 Å². The van der Waals surface area contributed by atoms with E-state index >= 15 is 0 Å². The molecule has 0 saturated carbocycles. The van der Waals surface area contributed by atoms with Crippen molar-refractivity contribution in [3.05, 3.63) is 83.7 Å². The quantitative estimate of drug-likeness (QED) is 0.694. The minimum atomic E-state index is -0.141. The zero-order valence-corrected chi connectivity index (χ0v) is 15.9. The summed E-state index contributed by atoms with van der Waals surface area (Å²) in [7, 11) is 4.01. The van der Waals surface area contributed by atoms with E-state index in [9.17, 15) is 4.79 Å². The molecule has 0 radical (unpaired) electrons. The first-order chi connectivity index (χ1) is 13.0.